The third-order valence-corrected chi connectivity index (χ3v) is 7.65. The van der Waals surface area contributed by atoms with Crippen LogP contribution in [0.25, 0.3) is 5.57 Å². The van der Waals surface area contributed by atoms with Gasteiger partial charge in [-0.05, 0) is 73.5 Å². The number of aryl methyl sites for hydroxylation is 1. The highest BCUT2D eigenvalue weighted by Gasteiger charge is 2.23. The molecule has 1 aromatic rings. The predicted molar refractivity (Wildman–Crippen MR) is 103 cm³/mol. The molecule has 1 aliphatic rings. The van der Waals surface area contributed by atoms with E-state index in [1.165, 1.54) is 40.1 Å². The third-order valence-electron chi connectivity index (χ3n) is 4.21. The smallest absolute Gasteiger partial charge is 0.186 e. The molecular weight excluding hydrogens is 352 g/mol. The molecule has 0 fully saturated rings. The average molecular weight is 381 g/mol. The lowest BCUT2D eigenvalue weighted by Gasteiger charge is -2.25. The third kappa shape index (κ3) is 5.07. The van der Waals surface area contributed by atoms with Gasteiger partial charge in [0.15, 0.2) is 8.32 Å². The summed E-state index contributed by atoms with van der Waals surface area (Å²) in [5.41, 5.74) is 4.43. The molecule has 3 heteroatoms. The lowest BCUT2D eigenvalue weighted by Crippen LogP contribution is -2.32. The Hall–Kier alpha value is -0.383. The average Bonchev–Trinajstić information content (AvgIpc) is 2.42. The minimum absolute atomic E-state index is 0.741. The van der Waals surface area contributed by atoms with Crippen LogP contribution >= 0.6 is 15.9 Å². The maximum Gasteiger partial charge on any atom is 0.186 e. The first-order valence-corrected chi connectivity index (χ1v) is 12.4. The Morgan fingerprint density at radius 2 is 2.05 bits per heavy atom. The van der Waals surface area contributed by atoms with Gasteiger partial charge in [0.2, 0.25) is 0 Å². The Morgan fingerprint density at radius 1 is 1.27 bits per heavy atom. The van der Waals surface area contributed by atoms with E-state index in [1.54, 1.807) is 0 Å². The molecule has 0 N–H and O–H groups in total. The Balaban J connectivity index is 1.87. The molecule has 0 bridgehead atoms. The molecule has 122 valence electrons. The molecule has 0 atom stereocenters. The number of halogens is 1. The van der Waals surface area contributed by atoms with Crippen molar-refractivity contribution in [3.8, 4) is 0 Å². The standard InChI is InChI=1S/C19H29BrOSi/c1-15(2)14-22(3,4)21-13-7-11-17-9-5-8-16-10-6-12-18(20)19(16)17/h6,9-10,12,15H,5,7-8,11,13-14H2,1-4H3. The van der Waals surface area contributed by atoms with Crippen molar-refractivity contribution in [1.29, 1.82) is 0 Å². The van der Waals surface area contributed by atoms with Crippen molar-refractivity contribution in [2.75, 3.05) is 6.61 Å². The molecule has 0 aromatic heterocycles. The fraction of sp³-hybridized carbons (Fsp3) is 0.579. The largest absolute Gasteiger partial charge is 0.417 e. The van der Waals surface area contributed by atoms with E-state index in [1.807, 2.05) is 0 Å². The molecular formula is C19H29BrOSi. The highest BCUT2D eigenvalue weighted by Crippen LogP contribution is 2.35. The Labute approximate surface area is 145 Å². The lowest BCUT2D eigenvalue weighted by atomic mass is 9.89. The molecule has 0 unspecified atom stereocenters. The zero-order valence-corrected chi connectivity index (χ0v) is 17.0. The van der Waals surface area contributed by atoms with Gasteiger partial charge in [-0.1, -0.05) is 48.0 Å². The van der Waals surface area contributed by atoms with Gasteiger partial charge in [-0.2, -0.15) is 0 Å². The first kappa shape index (κ1) is 18.0. The molecule has 22 heavy (non-hydrogen) atoms. The van der Waals surface area contributed by atoms with Crippen molar-refractivity contribution in [2.45, 2.75) is 58.7 Å². The second-order valence-corrected chi connectivity index (χ2v) is 12.4. The van der Waals surface area contributed by atoms with Crippen LogP contribution < -0.4 is 0 Å². The number of fused-ring (bicyclic) bond motifs is 1. The van der Waals surface area contributed by atoms with Gasteiger partial charge in [0.25, 0.3) is 0 Å². The Bertz CT molecular complexity index is 534. The van der Waals surface area contributed by atoms with Crippen molar-refractivity contribution >= 4 is 29.8 Å². The van der Waals surface area contributed by atoms with E-state index >= 15 is 0 Å². The van der Waals surface area contributed by atoms with Gasteiger partial charge in [0, 0.05) is 11.1 Å². The zero-order valence-electron chi connectivity index (χ0n) is 14.4. The van der Waals surface area contributed by atoms with E-state index < -0.39 is 8.32 Å². The van der Waals surface area contributed by atoms with Crippen LogP contribution in [0, 0.1) is 5.92 Å². The summed E-state index contributed by atoms with van der Waals surface area (Å²) in [6, 6.07) is 7.83. The number of hydrogen-bond donors (Lipinski definition) is 0. The zero-order chi connectivity index (χ0) is 16.2. The molecule has 0 aliphatic heterocycles. The van der Waals surface area contributed by atoms with Gasteiger partial charge in [-0.3, -0.25) is 0 Å². The van der Waals surface area contributed by atoms with Crippen molar-refractivity contribution in [3.63, 3.8) is 0 Å². The predicted octanol–water partition coefficient (Wildman–Crippen LogP) is 6.44. The van der Waals surface area contributed by atoms with Gasteiger partial charge >= 0.3 is 0 Å². The number of hydrogen-bond acceptors (Lipinski definition) is 1. The summed E-state index contributed by atoms with van der Waals surface area (Å²) in [4.78, 5) is 0. The second-order valence-electron chi connectivity index (χ2n) is 7.35. The van der Waals surface area contributed by atoms with Crippen molar-refractivity contribution in [3.05, 3.63) is 39.9 Å². The summed E-state index contributed by atoms with van der Waals surface area (Å²) < 4.78 is 7.49. The topological polar surface area (TPSA) is 9.23 Å². The Morgan fingerprint density at radius 3 is 2.77 bits per heavy atom. The van der Waals surface area contributed by atoms with Crippen LogP contribution in [0.2, 0.25) is 19.1 Å². The monoisotopic (exact) mass is 380 g/mol. The van der Waals surface area contributed by atoms with E-state index in [4.69, 9.17) is 4.43 Å². The van der Waals surface area contributed by atoms with E-state index in [9.17, 15) is 0 Å². The second kappa shape index (κ2) is 7.94. The van der Waals surface area contributed by atoms with E-state index in [0.29, 0.717) is 0 Å². The summed E-state index contributed by atoms with van der Waals surface area (Å²) >= 11 is 3.73. The minimum atomic E-state index is -1.46. The van der Waals surface area contributed by atoms with Gasteiger partial charge in [-0.15, -0.1) is 0 Å². The highest BCUT2D eigenvalue weighted by atomic mass is 79.9. The molecule has 0 radical (unpaired) electrons. The fourth-order valence-corrected chi connectivity index (χ4v) is 6.96. The first-order chi connectivity index (χ1) is 10.4. The molecule has 1 nitrogen and oxygen atoms in total. The lowest BCUT2D eigenvalue weighted by molar-refractivity contribution is 0.298. The summed E-state index contributed by atoms with van der Waals surface area (Å²) in [7, 11) is -1.46. The van der Waals surface area contributed by atoms with Crippen LogP contribution in [-0.2, 0) is 10.8 Å². The quantitative estimate of drug-likeness (QED) is 0.390. The maximum absolute atomic E-state index is 6.25. The highest BCUT2D eigenvalue weighted by molar-refractivity contribution is 9.10. The van der Waals surface area contributed by atoms with E-state index in [2.05, 4.69) is 67.1 Å². The minimum Gasteiger partial charge on any atom is -0.417 e. The van der Waals surface area contributed by atoms with Crippen molar-refractivity contribution in [1.82, 2.24) is 0 Å². The van der Waals surface area contributed by atoms with Crippen LogP contribution in [0.1, 0.15) is 44.2 Å². The molecule has 1 aromatic carbocycles. The fourth-order valence-electron chi connectivity index (χ4n) is 3.52. The number of rotatable bonds is 7. The van der Waals surface area contributed by atoms with Crippen LogP contribution in [0.15, 0.2) is 28.7 Å². The van der Waals surface area contributed by atoms with E-state index in [-0.39, 0.29) is 0 Å². The van der Waals surface area contributed by atoms with Gasteiger partial charge in [0.1, 0.15) is 0 Å². The van der Waals surface area contributed by atoms with Crippen LogP contribution in [0.3, 0.4) is 0 Å². The van der Waals surface area contributed by atoms with Crippen LogP contribution in [-0.4, -0.2) is 14.9 Å². The van der Waals surface area contributed by atoms with Gasteiger partial charge < -0.3 is 4.43 Å². The maximum atomic E-state index is 6.25. The molecule has 0 amide bonds. The van der Waals surface area contributed by atoms with Gasteiger partial charge in [0.05, 0.1) is 0 Å². The molecule has 2 rings (SSSR count). The molecule has 0 heterocycles. The van der Waals surface area contributed by atoms with Crippen molar-refractivity contribution in [2.24, 2.45) is 5.92 Å². The van der Waals surface area contributed by atoms with Crippen LogP contribution in [0.5, 0.6) is 0 Å². The van der Waals surface area contributed by atoms with E-state index in [0.717, 1.165) is 25.4 Å². The number of benzene rings is 1. The number of allylic oxidation sites excluding steroid dienone is 2. The summed E-state index contributed by atoms with van der Waals surface area (Å²) in [6.45, 7) is 10.2. The van der Waals surface area contributed by atoms with Crippen molar-refractivity contribution < 1.29 is 4.43 Å². The van der Waals surface area contributed by atoms with Gasteiger partial charge in [-0.25, -0.2) is 0 Å². The molecule has 1 aliphatic carbocycles. The molecule has 0 saturated heterocycles. The summed E-state index contributed by atoms with van der Waals surface area (Å²) in [5, 5.41) is 0. The summed E-state index contributed by atoms with van der Waals surface area (Å²) in [6.07, 6.45) is 7.02. The van der Waals surface area contributed by atoms with Crippen LogP contribution in [0.4, 0.5) is 0 Å². The first-order valence-electron chi connectivity index (χ1n) is 8.50. The normalized spacial score (nSPS) is 14.9. The molecule has 0 spiro atoms. The SMILES string of the molecule is CC(C)C[Si](C)(C)OCCCC1=CCCc2cccc(Br)c21. The Kier molecular flexibility index (Phi) is 6.48. The summed E-state index contributed by atoms with van der Waals surface area (Å²) in [5.74, 6) is 0.741. The molecule has 0 saturated carbocycles.